The summed E-state index contributed by atoms with van der Waals surface area (Å²) in [5, 5.41) is 7.26. The smallest absolute Gasteiger partial charge is 0.181 e. The van der Waals surface area contributed by atoms with Crippen LogP contribution in [0.1, 0.15) is 0 Å². The third-order valence-electron chi connectivity index (χ3n) is 3.26. The summed E-state index contributed by atoms with van der Waals surface area (Å²) in [6.45, 7) is 0. The van der Waals surface area contributed by atoms with Crippen molar-refractivity contribution in [3.8, 4) is 22.8 Å². The van der Waals surface area contributed by atoms with Gasteiger partial charge in [0.05, 0.1) is 11.0 Å². The predicted molar refractivity (Wildman–Crippen MR) is 80.4 cm³/mol. The van der Waals surface area contributed by atoms with Gasteiger partial charge in [0.1, 0.15) is 0 Å². The molecule has 5 heteroatoms. The predicted octanol–water partition coefficient (Wildman–Crippen LogP) is 3.08. The first-order chi connectivity index (χ1) is 10.4. The van der Waals surface area contributed by atoms with Gasteiger partial charge in [-0.1, -0.05) is 30.3 Å². The van der Waals surface area contributed by atoms with E-state index in [2.05, 4.69) is 25.1 Å². The van der Waals surface area contributed by atoms with Crippen molar-refractivity contribution in [2.45, 2.75) is 0 Å². The molecule has 21 heavy (non-hydrogen) atoms. The van der Waals surface area contributed by atoms with Crippen molar-refractivity contribution < 1.29 is 0 Å². The zero-order valence-corrected chi connectivity index (χ0v) is 11.1. The number of benzene rings is 2. The number of nitrogens with zero attached hydrogens (tertiary/aromatic N) is 4. The number of rotatable bonds is 2. The van der Waals surface area contributed by atoms with Crippen LogP contribution in [0, 0.1) is 0 Å². The molecule has 4 aromatic rings. The molecular formula is C16H11N5. The van der Waals surface area contributed by atoms with Crippen molar-refractivity contribution >= 4 is 11.0 Å². The Morgan fingerprint density at radius 1 is 0.762 bits per heavy atom. The number of aromatic amines is 1. The molecule has 1 N–H and O–H groups in total. The molecule has 0 bridgehead atoms. The lowest BCUT2D eigenvalue weighted by molar-refractivity contribution is 1.10. The van der Waals surface area contributed by atoms with Crippen molar-refractivity contribution in [1.29, 1.82) is 0 Å². The van der Waals surface area contributed by atoms with Gasteiger partial charge in [-0.3, -0.25) is 15.1 Å². The summed E-state index contributed by atoms with van der Waals surface area (Å²) in [6, 6.07) is 15.7. The van der Waals surface area contributed by atoms with Crippen LogP contribution in [0.3, 0.4) is 0 Å². The molecule has 5 nitrogen and oxygen atoms in total. The van der Waals surface area contributed by atoms with Crippen molar-refractivity contribution in [3.05, 3.63) is 60.9 Å². The molecule has 0 saturated carbocycles. The Balaban J connectivity index is 1.77. The first-order valence-corrected chi connectivity index (χ1v) is 6.59. The Morgan fingerprint density at radius 3 is 2.43 bits per heavy atom. The maximum Gasteiger partial charge on any atom is 0.181 e. The Kier molecular flexibility index (Phi) is 2.67. The second-order valence-corrected chi connectivity index (χ2v) is 4.63. The van der Waals surface area contributed by atoms with E-state index in [1.54, 1.807) is 12.4 Å². The molecule has 0 radical (unpaired) electrons. The van der Waals surface area contributed by atoms with Crippen LogP contribution in [0.15, 0.2) is 60.9 Å². The zero-order valence-electron chi connectivity index (χ0n) is 11.1. The summed E-state index contributed by atoms with van der Waals surface area (Å²) in [6.07, 6.45) is 3.36. The zero-order chi connectivity index (χ0) is 14.1. The molecule has 0 aliphatic heterocycles. The summed E-state index contributed by atoms with van der Waals surface area (Å²) in [5.74, 6) is 1.41. The monoisotopic (exact) mass is 273 g/mol. The Labute approximate surface area is 120 Å². The van der Waals surface area contributed by atoms with E-state index < -0.39 is 0 Å². The average Bonchev–Trinajstić information content (AvgIpc) is 3.05. The van der Waals surface area contributed by atoms with Crippen LogP contribution in [0.5, 0.6) is 0 Å². The molecule has 4 rings (SSSR count). The summed E-state index contributed by atoms with van der Waals surface area (Å²) in [5.41, 5.74) is 3.62. The molecule has 0 saturated heterocycles. The fourth-order valence-corrected chi connectivity index (χ4v) is 2.22. The minimum atomic E-state index is 0.654. The van der Waals surface area contributed by atoms with Crippen LogP contribution >= 0.6 is 0 Å². The largest absolute Gasteiger partial charge is 0.259 e. The van der Waals surface area contributed by atoms with Crippen molar-refractivity contribution in [3.63, 3.8) is 0 Å². The molecule has 0 fully saturated rings. The molecule has 0 aliphatic rings. The van der Waals surface area contributed by atoms with Crippen LogP contribution in [0.4, 0.5) is 0 Å². The van der Waals surface area contributed by atoms with E-state index in [1.807, 2.05) is 48.5 Å². The third-order valence-corrected chi connectivity index (χ3v) is 3.26. The topological polar surface area (TPSA) is 67.3 Å². The second-order valence-electron chi connectivity index (χ2n) is 4.63. The Bertz CT molecular complexity index is 899. The first kappa shape index (κ1) is 11.7. The highest BCUT2D eigenvalue weighted by molar-refractivity contribution is 5.79. The number of nitrogens with one attached hydrogen (secondary N) is 1. The van der Waals surface area contributed by atoms with E-state index in [4.69, 9.17) is 0 Å². The maximum atomic E-state index is 4.54. The third kappa shape index (κ3) is 2.14. The molecule has 0 unspecified atom stereocenters. The summed E-state index contributed by atoms with van der Waals surface area (Å²) in [7, 11) is 0. The summed E-state index contributed by atoms with van der Waals surface area (Å²) >= 11 is 0. The van der Waals surface area contributed by atoms with E-state index in [-0.39, 0.29) is 0 Å². The van der Waals surface area contributed by atoms with Gasteiger partial charge in [0.2, 0.25) is 0 Å². The van der Waals surface area contributed by atoms with Gasteiger partial charge in [0, 0.05) is 23.5 Å². The molecule has 0 spiro atoms. The van der Waals surface area contributed by atoms with Crippen LogP contribution < -0.4 is 0 Å². The fraction of sp³-hybridized carbons (Fsp3) is 0. The number of hydrogen-bond acceptors (Lipinski definition) is 4. The van der Waals surface area contributed by atoms with E-state index in [0.29, 0.717) is 5.82 Å². The lowest BCUT2D eigenvalue weighted by Crippen LogP contribution is -1.85. The van der Waals surface area contributed by atoms with Crippen molar-refractivity contribution in [1.82, 2.24) is 25.1 Å². The van der Waals surface area contributed by atoms with E-state index >= 15 is 0 Å². The number of H-pyrrole nitrogens is 1. The van der Waals surface area contributed by atoms with Crippen LogP contribution in [-0.2, 0) is 0 Å². The lowest BCUT2D eigenvalue weighted by Gasteiger charge is -1.98. The highest BCUT2D eigenvalue weighted by Crippen LogP contribution is 2.22. The summed E-state index contributed by atoms with van der Waals surface area (Å²) < 4.78 is 0. The lowest BCUT2D eigenvalue weighted by atomic mass is 10.2. The van der Waals surface area contributed by atoms with Crippen molar-refractivity contribution in [2.24, 2.45) is 0 Å². The SMILES string of the molecule is c1ccc(-c2nc(-c3ccc4nccnc4c3)n[nH]2)cc1. The van der Waals surface area contributed by atoms with E-state index in [0.717, 1.165) is 28.0 Å². The first-order valence-electron chi connectivity index (χ1n) is 6.59. The highest BCUT2D eigenvalue weighted by Gasteiger charge is 2.08. The van der Waals surface area contributed by atoms with Gasteiger partial charge in [-0.15, -0.1) is 0 Å². The number of fused-ring (bicyclic) bond motifs is 1. The maximum absolute atomic E-state index is 4.54. The average molecular weight is 273 g/mol. The van der Waals surface area contributed by atoms with Gasteiger partial charge in [0.15, 0.2) is 11.6 Å². The van der Waals surface area contributed by atoms with Gasteiger partial charge in [-0.2, -0.15) is 5.10 Å². The molecule has 2 aromatic heterocycles. The van der Waals surface area contributed by atoms with Gasteiger partial charge < -0.3 is 0 Å². The van der Waals surface area contributed by atoms with Gasteiger partial charge in [-0.25, -0.2) is 4.98 Å². The fourth-order valence-electron chi connectivity index (χ4n) is 2.22. The van der Waals surface area contributed by atoms with Gasteiger partial charge in [0.25, 0.3) is 0 Å². The Morgan fingerprint density at radius 2 is 1.57 bits per heavy atom. The molecule has 2 heterocycles. The summed E-state index contributed by atoms with van der Waals surface area (Å²) in [4.78, 5) is 13.1. The molecular weight excluding hydrogens is 262 g/mol. The highest BCUT2D eigenvalue weighted by atomic mass is 15.2. The minimum absolute atomic E-state index is 0.654. The number of hydrogen-bond donors (Lipinski definition) is 1. The van der Waals surface area contributed by atoms with E-state index in [1.165, 1.54) is 0 Å². The minimum Gasteiger partial charge on any atom is -0.259 e. The second kappa shape index (κ2) is 4.79. The molecule has 2 aromatic carbocycles. The van der Waals surface area contributed by atoms with Crippen molar-refractivity contribution in [2.75, 3.05) is 0 Å². The van der Waals surface area contributed by atoms with E-state index in [9.17, 15) is 0 Å². The molecule has 0 aliphatic carbocycles. The Hall–Kier alpha value is -3.08. The molecule has 100 valence electrons. The van der Waals surface area contributed by atoms with Crippen LogP contribution in [0.25, 0.3) is 33.8 Å². The normalized spacial score (nSPS) is 10.9. The molecule has 0 atom stereocenters. The standard InChI is InChI=1S/C16H11N5/c1-2-4-11(5-3-1)15-19-16(21-20-15)12-6-7-13-14(10-12)18-9-8-17-13/h1-10H,(H,19,20,21). The van der Waals surface area contributed by atoms with Crippen LogP contribution in [-0.4, -0.2) is 25.1 Å². The van der Waals surface area contributed by atoms with Gasteiger partial charge >= 0.3 is 0 Å². The van der Waals surface area contributed by atoms with Crippen LogP contribution in [0.2, 0.25) is 0 Å². The van der Waals surface area contributed by atoms with Gasteiger partial charge in [-0.05, 0) is 18.2 Å². The number of aromatic nitrogens is 5. The molecule has 0 amide bonds. The quantitative estimate of drug-likeness (QED) is 0.609.